The first-order valence-electron chi connectivity index (χ1n) is 5.49. The SMILES string of the molecule is CC(CO)(NCCSC(F)(F)F)c1ccccc1. The molecule has 0 heterocycles. The third kappa shape index (κ3) is 4.88. The van der Waals surface area contributed by atoms with Crippen molar-refractivity contribution in [3.8, 4) is 0 Å². The Morgan fingerprint density at radius 3 is 2.33 bits per heavy atom. The van der Waals surface area contributed by atoms with Crippen LogP contribution in [0.25, 0.3) is 0 Å². The third-order valence-electron chi connectivity index (χ3n) is 2.61. The van der Waals surface area contributed by atoms with Gasteiger partial charge in [-0.2, -0.15) is 13.2 Å². The van der Waals surface area contributed by atoms with Crippen LogP contribution in [0.2, 0.25) is 0 Å². The maximum absolute atomic E-state index is 12.0. The molecule has 0 aliphatic carbocycles. The molecule has 0 bridgehead atoms. The molecule has 6 heteroatoms. The number of aliphatic hydroxyl groups is 1. The van der Waals surface area contributed by atoms with Gasteiger partial charge in [0.05, 0.1) is 12.1 Å². The number of hydrogen-bond donors (Lipinski definition) is 2. The monoisotopic (exact) mass is 279 g/mol. The van der Waals surface area contributed by atoms with E-state index >= 15 is 0 Å². The second kappa shape index (κ2) is 6.45. The van der Waals surface area contributed by atoms with Gasteiger partial charge < -0.3 is 10.4 Å². The summed E-state index contributed by atoms with van der Waals surface area (Å²) in [5.74, 6) is -0.0775. The van der Waals surface area contributed by atoms with Gasteiger partial charge in [0.15, 0.2) is 0 Å². The zero-order chi connectivity index (χ0) is 13.6. The first kappa shape index (κ1) is 15.3. The van der Waals surface area contributed by atoms with Gasteiger partial charge in [0.1, 0.15) is 0 Å². The van der Waals surface area contributed by atoms with Crippen molar-refractivity contribution in [1.82, 2.24) is 5.32 Å². The Labute approximate surface area is 109 Å². The first-order chi connectivity index (χ1) is 8.37. The molecule has 102 valence electrons. The molecular weight excluding hydrogens is 263 g/mol. The molecule has 0 fully saturated rings. The molecule has 18 heavy (non-hydrogen) atoms. The lowest BCUT2D eigenvalue weighted by Crippen LogP contribution is -2.44. The minimum absolute atomic E-state index is 0.0642. The summed E-state index contributed by atoms with van der Waals surface area (Å²) in [5, 5.41) is 12.4. The van der Waals surface area contributed by atoms with Crippen LogP contribution in [-0.4, -0.2) is 29.5 Å². The normalized spacial score (nSPS) is 15.4. The van der Waals surface area contributed by atoms with Crippen LogP contribution in [0.1, 0.15) is 12.5 Å². The maximum Gasteiger partial charge on any atom is 0.441 e. The summed E-state index contributed by atoms with van der Waals surface area (Å²) in [6, 6.07) is 9.17. The highest BCUT2D eigenvalue weighted by atomic mass is 32.2. The van der Waals surface area contributed by atoms with E-state index in [-0.39, 0.29) is 30.7 Å². The molecule has 0 aliphatic heterocycles. The summed E-state index contributed by atoms with van der Waals surface area (Å²) < 4.78 is 35.9. The summed E-state index contributed by atoms with van der Waals surface area (Å²) in [7, 11) is 0. The summed E-state index contributed by atoms with van der Waals surface area (Å²) in [6.07, 6.45) is 0. The van der Waals surface area contributed by atoms with E-state index in [4.69, 9.17) is 0 Å². The molecule has 1 rings (SSSR count). The van der Waals surface area contributed by atoms with Crippen molar-refractivity contribution >= 4 is 11.8 Å². The third-order valence-corrected chi connectivity index (χ3v) is 3.35. The minimum atomic E-state index is -4.20. The molecule has 2 nitrogen and oxygen atoms in total. The lowest BCUT2D eigenvalue weighted by Gasteiger charge is -2.29. The van der Waals surface area contributed by atoms with Crippen molar-refractivity contribution in [2.24, 2.45) is 0 Å². The quantitative estimate of drug-likeness (QED) is 0.785. The second-order valence-electron chi connectivity index (χ2n) is 4.08. The number of thioether (sulfide) groups is 1. The summed E-state index contributed by atoms with van der Waals surface area (Å²) in [5.41, 5.74) is -4.07. The van der Waals surface area contributed by atoms with Crippen molar-refractivity contribution in [2.45, 2.75) is 18.0 Å². The van der Waals surface area contributed by atoms with Crippen LogP contribution >= 0.6 is 11.8 Å². The molecule has 2 N–H and O–H groups in total. The lowest BCUT2D eigenvalue weighted by atomic mass is 9.93. The Morgan fingerprint density at radius 1 is 1.22 bits per heavy atom. The van der Waals surface area contributed by atoms with Crippen LogP contribution in [0.3, 0.4) is 0 Å². The Bertz CT molecular complexity index is 358. The second-order valence-corrected chi connectivity index (χ2v) is 5.24. The number of alkyl halides is 3. The average molecular weight is 279 g/mol. The fourth-order valence-corrected chi connectivity index (χ4v) is 1.98. The molecule has 1 unspecified atom stereocenters. The van der Waals surface area contributed by atoms with E-state index in [1.165, 1.54) is 0 Å². The van der Waals surface area contributed by atoms with Gasteiger partial charge in [-0.1, -0.05) is 30.3 Å². The van der Waals surface area contributed by atoms with Crippen LogP contribution in [-0.2, 0) is 5.54 Å². The van der Waals surface area contributed by atoms with Gasteiger partial charge in [-0.25, -0.2) is 0 Å². The molecule has 0 aromatic heterocycles. The van der Waals surface area contributed by atoms with E-state index in [0.29, 0.717) is 0 Å². The van der Waals surface area contributed by atoms with Crippen molar-refractivity contribution in [3.63, 3.8) is 0 Å². The summed E-state index contributed by atoms with van der Waals surface area (Å²) in [6.45, 7) is 1.77. The van der Waals surface area contributed by atoms with Gasteiger partial charge in [-0.05, 0) is 24.2 Å². The number of rotatable bonds is 6. The highest BCUT2D eigenvalue weighted by molar-refractivity contribution is 8.00. The lowest BCUT2D eigenvalue weighted by molar-refractivity contribution is -0.0327. The predicted molar refractivity (Wildman–Crippen MR) is 67.4 cm³/mol. The highest BCUT2D eigenvalue weighted by Crippen LogP contribution is 2.29. The highest BCUT2D eigenvalue weighted by Gasteiger charge is 2.29. The van der Waals surface area contributed by atoms with Gasteiger partial charge in [0, 0.05) is 12.3 Å². The van der Waals surface area contributed by atoms with Gasteiger partial charge in [0.25, 0.3) is 0 Å². The van der Waals surface area contributed by atoms with Crippen LogP contribution in [0.4, 0.5) is 13.2 Å². The summed E-state index contributed by atoms with van der Waals surface area (Å²) >= 11 is -0.0642. The molecule has 1 atom stereocenters. The van der Waals surface area contributed by atoms with Gasteiger partial charge in [0.2, 0.25) is 0 Å². The maximum atomic E-state index is 12.0. The molecule has 1 aromatic carbocycles. The van der Waals surface area contributed by atoms with Gasteiger partial charge in [-0.15, -0.1) is 0 Å². The van der Waals surface area contributed by atoms with E-state index in [1.54, 1.807) is 6.92 Å². The Balaban J connectivity index is 2.52. The van der Waals surface area contributed by atoms with Crippen LogP contribution in [0.5, 0.6) is 0 Å². The van der Waals surface area contributed by atoms with Crippen molar-refractivity contribution in [1.29, 1.82) is 0 Å². The van der Waals surface area contributed by atoms with Crippen LogP contribution in [0.15, 0.2) is 30.3 Å². The number of benzene rings is 1. The molecule has 0 radical (unpaired) electrons. The fourth-order valence-electron chi connectivity index (χ4n) is 1.55. The van der Waals surface area contributed by atoms with E-state index in [9.17, 15) is 18.3 Å². The molecule has 0 aliphatic rings. The first-order valence-corrected chi connectivity index (χ1v) is 6.48. The van der Waals surface area contributed by atoms with Gasteiger partial charge >= 0.3 is 5.51 Å². The van der Waals surface area contributed by atoms with Crippen molar-refractivity contribution in [3.05, 3.63) is 35.9 Å². The van der Waals surface area contributed by atoms with Crippen LogP contribution < -0.4 is 5.32 Å². The van der Waals surface area contributed by atoms with E-state index in [0.717, 1.165) is 5.56 Å². The number of nitrogens with one attached hydrogen (secondary N) is 1. The van der Waals surface area contributed by atoms with Gasteiger partial charge in [-0.3, -0.25) is 0 Å². The molecule has 1 aromatic rings. The van der Waals surface area contributed by atoms with E-state index in [2.05, 4.69) is 5.32 Å². The standard InChI is InChI=1S/C12H16F3NOS/c1-11(9-17,10-5-3-2-4-6-10)16-7-8-18-12(13,14)15/h2-6,16-17H,7-9H2,1H3. The fraction of sp³-hybridized carbons (Fsp3) is 0.500. The summed E-state index contributed by atoms with van der Waals surface area (Å²) in [4.78, 5) is 0. The molecule has 0 saturated carbocycles. The topological polar surface area (TPSA) is 32.3 Å². The van der Waals surface area contributed by atoms with Crippen LogP contribution in [0, 0.1) is 0 Å². The Morgan fingerprint density at radius 2 is 1.83 bits per heavy atom. The Kier molecular flexibility index (Phi) is 5.49. The predicted octanol–water partition coefficient (Wildman–Crippen LogP) is 2.74. The number of aliphatic hydroxyl groups excluding tert-OH is 1. The minimum Gasteiger partial charge on any atom is -0.394 e. The molecule has 0 spiro atoms. The average Bonchev–Trinajstić information content (AvgIpc) is 2.34. The smallest absolute Gasteiger partial charge is 0.394 e. The van der Waals surface area contributed by atoms with E-state index < -0.39 is 11.0 Å². The van der Waals surface area contributed by atoms with Crippen molar-refractivity contribution in [2.75, 3.05) is 18.9 Å². The zero-order valence-electron chi connectivity index (χ0n) is 10.00. The van der Waals surface area contributed by atoms with Crippen molar-refractivity contribution < 1.29 is 18.3 Å². The zero-order valence-corrected chi connectivity index (χ0v) is 10.8. The number of halogens is 3. The Hall–Kier alpha value is -0.720. The van der Waals surface area contributed by atoms with E-state index in [1.807, 2.05) is 30.3 Å². The largest absolute Gasteiger partial charge is 0.441 e. The molecule has 0 amide bonds. The molecular formula is C12H16F3NOS. The number of hydrogen-bond acceptors (Lipinski definition) is 3. The molecule has 0 saturated heterocycles.